The SMILES string of the molecule is CC(C)N1CCN(Cc2ccc(-c3cccc(Oc4ncc(F)cc4C(N)=O)c3)c(CN3CCOCC3)c2)CC1. The molecule has 5 rings (SSSR count). The second kappa shape index (κ2) is 12.9. The molecule has 0 spiro atoms. The number of aromatic nitrogens is 1. The van der Waals surface area contributed by atoms with E-state index >= 15 is 0 Å². The van der Waals surface area contributed by atoms with E-state index in [0.29, 0.717) is 11.8 Å². The predicted molar refractivity (Wildman–Crippen MR) is 153 cm³/mol. The van der Waals surface area contributed by atoms with Gasteiger partial charge in [-0.05, 0) is 54.3 Å². The Hall–Kier alpha value is -3.37. The molecular formula is C31H38FN5O3. The normalized spacial score (nSPS) is 17.3. The number of nitrogens with two attached hydrogens (primary N) is 1. The lowest BCUT2D eigenvalue weighted by Gasteiger charge is -2.37. The zero-order chi connectivity index (χ0) is 28.1. The van der Waals surface area contributed by atoms with Crippen molar-refractivity contribution in [1.82, 2.24) is 19.7 Å². The van der Waals surface area contributed by atoms with E-state index in [4.69, 9.17) is 15.2 Å². The van der Waals surface area contributed by atoms with Crippen LogP contribution in [0.15, 0.2) is 54.7 Å². The molecule has 9 heteroatoms. The van der Waals surface area contributed by atoms with Crippen LogP contribution >= 0.6 is 0 Å². The van der Waals surface area contributed by atoms with Crippen LogP contribution in [0.3, 0.4) is 0 Å². The van der Waals surface area contributed by atoms with E-state index in [1.54, 1.807) is 6.07 Å². The van der Waals surface area contributed by atoms with E-state index in [9.17, 15) is 9.18 Å². The number of piperazine rings is 1. The van der Waals surface area contributed by atoms with E-state index in [2.05, 4.69) is 51.7 Å². The number of hydrogen-bond donors (Lipinski definition) is 1. The van der Waals surface area contributed by atoms with Gasteiger partial charge in [-0.25, -0.2) is 9.37 Å². The minimum atomic E-state index is -0.799. The Morgan fingerprint density at radius 1 is 1.00 bits per heavy atom. The summed E-state index contributed by atoms with van der Waals surface area (Å²) in [5.41, 5.74) is 9.98. The molecule has 0 radical (unpaired) electrons. The lowest BCUT2D eigenvalue weighted by Crippen LogP contribution is -2.48. The summed E-state index contributed by atoms with van der Waals surface area (Å²) in [6, 6.07) is 16.0. The molecule has 2 saturated heterocycles. The van der Waals surface area contributed by atoms with Gasteiger partial charge < -0.3 is 15.2 Å². The fraction of sp³-hybridized carbons (Fsp3) is 0.419. The Morgan fingerprint density at radius 2 is 1.75 bits per heavy atom. The molecule has 2 fully saturated rings. The van der Waals surface area contributed by atoms with Gasteiger partial charge in [0.15, 0.2) is 0 Å². The highest BCUT2D eigenvalue weighted by molar-refractivity contribution is 5.95. The first-order chi connectivity index (χ1) is 19.4. The summed E-state index contributed by atoms with van der Waals surface area (Å²) < 4.78 is 25.1. The number of nitrogens with zero attached hydrogens (tertiary/aromatic N) is 4. The molecular weight excluding hydrogens is 509 g/mol. The number of halogens is 1. The van der Waals surface area contributed by atoms with Gasteiger partial charge in [-0.1, -0.05) is 30.3 Å². The van der Waals surface area contributed by atoms with Crippen LogP contribution < -0.4 is 10.5 Å². The number of pyridine rings is 1. The average Bonchev–Trinajstić information content (AvgIpc) is 2.95. The molecule has 2 aliphatic heterocycles. The second-order valence-corrected chi connectivity index (χ2v) is 10.8. The zero-order valence-electron chi connectivity index (χ0n) is 23.3. The van der Waals surface area contributed by atoms with Gasteiger partial charge in [-0.3, -0.25) is 19.5 Å². The molecule has 40 heavy (non-hydrogen) atoms. The number of ether oxygens (including phenoxy) is 2. The maximum atomic E-state index is 13.7. The Labute approximate surface area is 235 Å². The summed E-state index contributed by atoms with van der Waals surface area (Å²) in [6.07, 6.45) is 1.01. The first kappa shape index (κ1) is 28.2. The number of morpholine rings is 1. The Morgan fingerprint density at radius 3 is 2.48 bits per heavy atom. The third-order valence-electron chi connectivity index (χ3n) is 7.65. The first-order valence-electron chi connectivity index (χ1n) is 14.0. The van der Waals surface area contributed by atoms with E-state index in [1.165, 1.54) is 11.1 Å². The largest absolute Gasteiger partial charge is 0.438 e. The molecule has 0 atom stereocenters. The van der Waals surface area contributed by atoms with Crippen LogP contribution in [0.25, 0.3) is 11.1 Å². The number of carbonyl (C=O) groups is 1. The molecule has 3 heterocycles. The standard InChI is InChI=1S/C31H38FN5O3/c1-22(2)37-10-8-35(9-11-37)20-23-6-7-28(25(16-23)21-36-12-14-39-15-13-36)24-4-3-5-27(17-24)40-31-29(30(33)38)18-26(32)19-34-31/h3-7,16-19,22H,8-15,20-21H2,1-2H3,(H2,33,38). The highest BCUT2D eigenvalue weighted by atomic mass is 19.1. The summed E-state index contributed by atoms with van der Waals surface area (Å²) in [4.78, 5) is 23.3. The van der Waals surface area contributed by atoms with Crippen molar-refractivity contribution in [1.29, 1.82) is 0 Å². The van der Waals surface area contributed by atoms with Gasteiger partial charge in [0.05, 0.1) is 19.4 Å². The van der Waals surface area contributed by atoms with Crippen molar-refractivity contribution < 1.29 is 18.7 Å². The smallest absolute Gasteiger partial charge is 0.254 e. The van der Waals surface area contributed by atoms with Gasteiger partial charge in [0.2, 0.25) is 5.88 Å². The van der Waals surface area contributed by atoms with Crippen LogP contribution in [0.2, 0.25) is 0 Å². The summed E-state index contributed by atoms with van der Waals surface area (Å²) >= 11 is 0. The Bertz CT molecular complexity index is 1320. The number of amides is 1. The van der Waals surface area contributed by atoms with Crippen LogP contribution in [-0.4, -0.2) is 84.1 Å². The molecule has 3 aromatic rings. The van der Waals surface area contributed by atoms with Gasteiger partial charge in [-0.2, -0.15) is 0 Å². The van der Waals surface area contributed by atoms with E-state index in [1.807, 2.05) is 18.2 Å². The molecule has 8 nitrogen and oxygen atoms in total. The third-order valence-corrected chi connectivity index (χ3v) is 7.65. The molecule has 2 aliphatic rings. The monoisotopic (exact) mass is 547 g/mol. The summed E-state index contributed by atoms with van der Waals surface area (Å²) in [5.74, 6) is -0.979. The van der Waals surface area contributed by atoms with Gasteiger partial charge in [0, 0.05) is 58.4 Å². The second-order valence-electron chi connectivity index (χ2n) is 10.8. The lowest BCUT2D eigenvalue weighted by molar-refractivity contribution is 0.0342. The minimum Gasteiger partial charge on any atom is -0.438 e. The Balaban J connectivity index is 1.40. The maximum Gasteiger partial charge on any atom is 0.254 e. The molecule has 0 aliphatic carbocycles. The minimum absolute atomic E-state index is 0.0208. The van der Waals surface area contributed by atoms with Crippen molar-refractivity contribution in [3.63, 3.8) is 0 Å². The Kier molecular flexibility index (Phi) is 9.06. The van der Waals surface area contributed by atoms with Crippen molar-refractivity contribution in [3.05, 3.63) is 77.2 Å². The molecule has 212 valence electrons. The summed E-state index contributed by atoms with van der Waals surface area (Å²) in [5, 5.41) is 0. The van der Waals surface area contributed by atoms with Crippen molar-refractivity contribution in [2.24, 2.45) is 5.73 Å². The predicted octanol–water partition coefficient (Wildman–Crippen LogP) is 4.14. The van der Waals surface area contributed by atoms with E-state index < -0.39 is 11.7 Å². The molecule has 0 unspecified atom stereocenters. The number of carbonyl (C=O) groups excluding carboxylic acids is 1. The molecule has 1 aromatic heterocycles. The molecule has 0 saturated carbocycles. The number of benzene rings is 2. The quantitative estimate of drug-likeness (QED) is 0.431. The van der Waals surface area contributed by atoms with Gasteiger partial charge >= 0.3 is 0 Å². The van der Waals surface area contributed by atoms with Crippen molar-refractivity contribution in [2.75, 3.05) is 52.5 Å². The number of primary amides is 1. The molecule has 0 bridgehead atoms. The van der Waals surface area contributed by atoms with Crippen molar-refractivity contribution in [2.45, 2.75) is 33.0 Å². The van der Waals surface area contributed by atoms with Gasteiger partial charge in [0.25, 0.3) is 5.91 Å². The first-order valence-corrected chi connectivity index (χ1v) is 14.0. The van der Waals surface area contributed by atoms with Crippen molar-refractivity contribution in [3.8, 4) is 22.8 Å². The topological polar surface area (TPSA) is 84.2 Å². The fourth-order valence-electron chi connectivity index (χ4n) is 5.38. The van der Waals surface area contributed by atoms with Crippen LogP contribution in [0.1, 0.15) is 35.3 Å². The number of hydrogen-bond acceptors (Lipinski definition) is 7. The third kappa shape index (κ3) is 7.03. The van der Waals surface area contributed by atoms with E-state index in [-0.39, 0.29) is 11.4 Å². The zero-order valence-corrected chi connectivity index (χ0v) is 23.3. The maximum absolute atomic E-state index is 13.7. The fourth-order valence-corrected chi connectivity index (χ4v) is 5.38. The van der Waals surface area contributed by atoms with Crippen LogP contribution in [-0.2, 0) is 17.8 Å². The van der Waals surface area contributed by atoms with Crippen LogP contribution in [0, 0.1) is 5.82 Å². The lowest BCUT2D eigenvalue weighted by atomic mass is 9.96. The average molecular weight is 548 g/mol. The molecule has 1 amide bonds. The van der Waals surface area contributed by atoms with Crippen LogP contribution in [0.5, 0.6) is 11.6 Å². The highest BCUT2D eigenvalue weighted by Gasteiger charge is 2.20. The van der Waals surface area contributed by atoms with Crippen LogP contribution in [0.4, 0.5) is 4.39 Å². The highest BCUT2D eigenvalue weighted by Crippen LogP contribution is 2.32. The van der Waals surface area contributed by atoms with Gasteiger partial charge in [-0.15, -0.1) is 0 Å². The number of rotatable bonds is 9. The van der Waals surface area contributed by atoms with E-state index in [0.717, 1.165) is 89.0 Å². The summed E-state index contributed by atoms with van der Waals surface area (Å²) in [6.45, 7) is 13.9. The van der Waals surface area contributed by atoms with Gasteiger partial charge in [0.1, 0.15) is 17.1 Å². The molecule has 2 N–H and O–H groups in total. The molecule has 2 aromatic carbocycles. The summed E-state index contributed by atoms with van der Waals surface area (Å²) in [7, 11) is 0. The van der Waals surface area contributed by atoms with Crippen molar-refractivity contribution >= 4 is 5.91 Å².